The van der Waals surface area contributed by atoms with E-state index in [0.29, 0.717) is 35.1 Å². The molecule has 7 nitrogen and oxygen atoms in total. The van der Waals surface area contributed by atoms with Gasteiger partial charge in [-0.2, -0.15) is 0 Å². The predicted molar refractivity (Wildman–Crippen MR) is 128 cm³/mol. The Balaban J connectivity index is 1.25. The van der Waals surface area contributed by atoms with Gasteiger partial charge in [0.15, 0.2) is 11.5 Å². The summed E-state index contributed by atoms with van der Waals surface area (Å²) < 4.78 is 12.7. The zero-order valence-electron chi connectivity index (χ0n) is 17.7. The first-order valence-electron chi connectivity index (χ1n) is 10.9. The topological polar surface area (TPSA) is 82.5 Å². The molecule has 9 heteroatoms. The lowest BCUT2D eigenvalue weighted by molar-refractivity contribution is -0.122. The van der Waals surface area contributed by atoms with Crippen molar-refractivity contribution < 1.29 is 14.3 Å². The van der Waals surface area contributed by atoms with Crippen molar-refractivity contribution in [2.45, 2.75) is 25.4 Å². The second-order valence-corrected chi connectivity index (χ2v) is 10.1. The maximum Gasteiger partial charge on any atom is 0.263 e. The summed E-state index contributed by atoms with van der Waals surface area (Å²) in [4.78, 5) is 32.4. The van der Waals surface area contributed by atoms with E-state index in [2.05, 4.69) is 10.3 Å². The Morgan fingerprint density at radius 1 is 1.18 bits per heavy atom. The van der Waals surface area contributed by atoms with E-state index < -0.39 is 0 Å². The molecular formula is C24H21N3O4S2. The molecule has 0 spiro atoms. The highest BCUT2D eigenvalue weighted by Crippen LogP contribution is 2.43. The molecule has 4 aromatic rings. The molecule has 1 aromatic carbocycles. The normalized spacial score (nSPS) is 16.0. The number of carbonyl (C=O) groups is 1. The summed E-state index contributed by atoms with van der Waals surface area (Å²) in [5.74, 6) is 1.62. The average molecular weight is 480 g/mol. The van der Waals surface area contributed by atoms with Crippen LogP contribution in [0.2, 0.25) is 0 Å². The first kappa shape index (κ1) is 20.4. The van der Waals surface area contributed by atoms with Gasteiger partial charge in [-0.05, 0) is 47.9 Å². The predicted octanol–water partition coefficient (Wildman–Crippen LogP) is 4.23. The summed E-state index contributed by atoms with van der Waals surface area (Å²) in [6.45, 7) is 0.987. The lowest BCUT2D eigenvalue weighted by Gasteiger charge is -2.23. The molecule has 1 unspecified atom stereocenters. The maximum atomic E-state index is 13.2. The molecule has 1 fully saturated rings. The number of carbonyl (C=O) groups excluding carboxylic acids is 1. The van der Waals surface area contributed by atoms with Gasteiger partial charge in [0.25, 0.3) is 5.56 Å². The Hall–Kier alpha value is -3.17. The number of aromatic nitrogens is 2. The van der Waals surface area contributed by atoms with Gasteiger partial charge in [-0.3, -0.25) is 14.2 Å². The Morgan fingerprint density at radius 3 is 2.82 bits per heavy atom. The molecule has 1 saturated carbocycles. The van der Waals surface area contributed by atoms with Crippen LogP contribution in [0.1, 0.15) is 24.4 Å². The van der Waals surface area contributed by atoms with Crippen molar-refractivity contribution in [2.75, 3.05) is 13.2 Å². The van der Waals surface area contributed by atoms with Crippen molar-refractivity contribution in [3.05, 3.63) is 63.3 Å². The average Bonchev–Trinajstić information content (AvgIpc) is 3.34. The van der Waals surface area contributed by atoms with Crippen LogP contribution >= 0.6 is 22.7 Å². The minimum Gasteiger partial charge on any atom is -0.486 e. The van der Waals surface area contributed by atoms with Crippen LogP contribution in [0.3, 0.4) is 0 Å². The number of nitrogens with one attached hydrogen (secondary N) is 1. The fourth-order valence-electron chi connectivity index (χ4n) is 4.22. The number of ether oxygens (including phenoxy) is 2. The van der Waals surface area contributed by atoms with Crippen LogP contribution in [0.5, 0.6) is 11.5 Å². The SMILES string of the molecule is O=C(Cn1cnc2scc(-c3cccs3)c2c1=O)NC(c1ccc2c(c1)OCCO2)C1CC1. The van der Waals surface area contributed by atoms with E-state index in [1.807, 2.05) is 41.1 Å². The third-order valence-electron chi connectivity index (χ3n) is 6.00. The van der Waals surface area contributed by atoms with Gasteiger partial charge in [-0.25, -0.2) is 4.98 Å². The number of rotatable bonds is 6. The van der Waals surface area contributed by atoms with E-state index in [-0.39, 0.29) is 24.1 Å². The Morgan fingerprint density at radius 2 is 2.03 bits per heavy atom. The van der Waals surface area contributed by atoms with Crippen molar-refractivity contribution >= 4 is 38.8 Å². The molecule has 0 bridgehead atoms. The monoisotopic (exact) mass is 479 g/mol. The van der Waals surface area contributed by atoms with Crippen molar-refractivity contribution in [1.29, 1.82) is 0 Å². The highest BCUT2D eigenvalue weighted by Gasteiger charge is 2.34. The zero-order chi connectivity index (χ0) is 22.4. The molecule has 1 atom stereocenters. The first-order chi connectivity index (χ1) is 16.2. The quantitative estimate of drug-likeness (QED) is 0.448. The van der Waals surface area contributed by atoms with Crippen molar-refractivity contribution in [3.8, 4) is 21.9 Å². The molecule has 1 aliphatic carbocycles. The van der Waals surface area contributed by atoms with Gasteiger partial charge >= 0.3 is 0 Å². The molecule has 4 heterocycles. The van der Waals surface area contributed by atoms with Crippen LogP contribution in [0, 0.1) is 5.92 Å². The minimum absolute atomic E-state index is 0.0741. The molecular weight excluding hydrogens is 458 g/mol. The van der Waals surface area contributed by atoms with Gasteiger partial charge in [0, 0.05) is 15.8 Å². The van der Waals surface area contributed by atoms with E-state index in [9.17, 15) is 9.59 Å². The molecule has 2 aliphatic rings. The van der Waals surface area contributed by atoms with E-state index in [0.717, 1.165) is 34.6 Å². The molecule has 0 radical (unpaired) electrons. The number of nitrogens with zero attached hydrogens (tertiary/aromatic N) is 2. The molecule has 1 aliphatic heterocycles. The first-order valence-corrected chi connectivity index (χ1v) is 12.6. The van der Waals surface area contributed by atoms with Crippen LogP contribution in [-0.2, 0) is 11.3 Å². The molecule has 6 rings (SSSR count). The van der Waals surface area contributed by atoms with E-state index in [1.54, 1.807) is 11.3 Å². The molecule has 33 heavy (non-hydrogen) atoms. The maximum absolute atomic E-state index is 13.2. The summed E-state index contributed by atoms with van der Waals surface area (Å²) in [7, 11) is 0. The lowest BCUT2D eigenvalue weighted by atomic mass is 10.0. The summed E-state index contributed by atoms with van der Waals surface area (Å²) in [6, 6.07) is 9.66. The number of hydrogen-bond acceptors (Lipinski definition) is 7. The smallest absolute Gasteiger partial charge is 0.263 e. The van der Waals surface area contributed by atoms with Gasteiger partial charge in [0.1, 0.15) is 24.6 Å². The van der Waals surface area contributed by atoms with Gasteiger partial charge in [0.05, 0.1) is 17.8 Å². The molecule has 168 valence electrons. The highest BCUT2D eigenvalue weighted by atomic mass is 32.1. The van der Waals surface area contributed by atoms with Crippen LogP contribution in [0.15, 0.2) is 52.2 Å². The van der Waals surface area contributed by atoms with Crippen molar-refractivity contribution in [1.82, 2.24) is 14.9 Å². The standard InChI is InChI=1S/C24H21N3O4S2/c28-20(26-22(14-3-4-14)15-5-6-17-18(10-15)31-8-7-30-17)11-27-13-25-23-21(24(27)29)16(12-33-23)19-2-1-9-32-19/h1-2,5-6,9-10,12-14,22H,3-4,7-8,11H2,(H,26,28). The summed E-state index contributed by atoms with van der Waals surface area (Å²) in [6.07, 6.45) is 3.59. The van der Waals surface area contributed by atoms with Gasteiger partial charge in [0.2, 0.25) is 5.91 Å². The van der Waals surface area contributed by atoms with Crippen molar-refractivity contribution in [3.63, 3.8) is 0 Å². The summed E-state index contributed by atoms with van der Waals surface area (Å²) >= 11 is 3.03. The minimum atomic E-state index is -0.210. The van der Waals surface area contributed by atoms with E-state index >= 15 is 0 Å². The Labute approximate surface area is 197 Å². The largest absolute Gasteiger partial charge is 0.486 e. The lowest BCUT2D eigenvalue weighted by Crippen LogP contribution is -2.35. The fourth-order valence-corrected chi connectivity index (χ4v) is 5.94. The number of hydrogen-bond donors (Lipinski definition) is 1. The summed E-state index contributed by atoms with van der Waals surface area (Å²) in [5, 5.41) is 7.66. The van der Waals surface area contributed by atoms with Gasteiger partial charge in [-0.15, -0.1) is 22.7 Å². The van der Waals surface area contributed by atoms with Crippen LogP contribution in [-0.4, -0.2) is 28.7 Å². The number of fused-ring (bicyclic) bond motifs is 2. The van der Waals surface area contributed by atoms with E-state index in [4.69, 9.17) is 9.47 Å². The second kappa shape index (κ2) is 8.31. The molecule has 0 saturated heterocycles. The number of benzene rings is 1. The number of thiophene rings is 2. The number of amides is 1. The van der Waals surface area contributed by atoms with Crippen LogP contribution < -0.4 is 20.3 Å². The highest BCUT2D eigenvalue weighted by molar-refractivity contribution is 7.18. The van der Waals surface area contributed by atoms with Crippen LogP contribution in [0.4, 0.5) is 0 Å². The Bertz CT molecular complexity index is 1390. The van der Waals surface area contributed by atoms with E-state index in [1.165, 1.54) is 22.2 Å². The second-order valence-electron chi connectivity index (χ2n) is 8.27. The van der Waals surface area contributed by atoms with Crippen molar-refractivity contribution in [2.24, 2.45) is 5.92 Å². The third-order valence-corrected chi connectivity index (χ3v) is 7.79. The molecule has 1 amide bonds. The van der Waals surface area contributed by atoms with Gasteiger partial charge < -0.3 is 14.8 Å². The van der Waals surface area contributed by atoms with Gasteiger partial charge in [-0.1, -0.05) is 12.1 Å². The molecule has 1 N–H and O–H groups in total. The Kier molecular flexibility index (Phi) is 5.15. The fraction of sp³-hybridized carbons (Fsp3) is 0.292. The zero-order valence-corrected chi connectivity index (χ0v) is 19.3. The summed E-state index contributed by atoms with van der Waals surface area (Å²) in [5.41, 5.74) is 1.68. The third kappa shape index (κ3) is 3.91. The van der Waals surface area contributed by atoms with Crippen LogP contribution in [0.25, 0.3) is 20.7 Å². The molecule has 3 aromatic heterocycles.